The second kappa shape index (κ2) is 7.87. The van der Waals surface area contributed by atoms with Gasteiger partial charge in [0.15, 0.2) is 0 Å². The predicted octanol–water partition coefficient (Wildman–Crippen LogP) is 3.11. The zero-order valence-electron chi connectivity index (χ0n) is 11.6. The van der Waals surface area contributed by atoms with Crippen LogP contribution in [0.4, 0.5) is 0 Å². The molecule has 0 bridgehead atoms. The van der Waals surface area contributed by atoms with Crippen LogP contribution in [0.3, 0.4) is 0 Å². The summed E-state index contributed by atoms with van der Waals surface area (Å²) >= 11 is 2.21. The van der Waals surface area contributed by atoms with Crippen molar-refractivity contribution >= 4 is 28.5 Å². The number of carbonyl (C=O) groups is 1. The number of halogens is 1. The number of amides is 1. The standard InChI is InChI=1S/C16H16INO3/c1-20-14-6-8-15(9-7-14)21-11-10-18-16(19)12-2-4-13(17)5-3-12/h2-9H,10-11H2,1H3,(H,18,19). The Labute approximate surface area is 137 Å². The highest BCUT2D eigenvalue weighted by molar-refractivity contribution is 14.1. The Kier molecular flexibility index (Phi) is 5.86. The van der Waals surface area contributed by atoms with Gasteiger partial charge in [-0.25, -0.2) is 0 Å². The lowest BCUT2D eigenvalue weighted by atomic mass is 10.2. The molecule has 110 valence electrons. The van der Waals surface area contributed by atoms with E-state index in [1.54, 1.807) is 19.2 Å². The van der Waals surface area contributed by atoms with Gasteiger partial charge in [0.05, 0.1) is 13.7 Å². The van der Waals surface area contributed by atoms with Crippen LogP contribution in [0.15, 0.2) is 48.5 Å². The van der Waals surface area contributed by atoms with Crippen molar-refractivity contribution in [3.8, 4) is 11.5 Å². The van der Waals surface area contributed by atoms with Crippen molar-refractivity contribution in [1.29, 1.82) is 0 Å². The Morgan fingerprint density at radius 3 is 2.29 bits per heavy atom. The zero-order valence-corrected chi connectivity index (χ0v) is 13.8. The van der Waals surface area contributed by atoms with E-state index in [0.29, 0.717) is 18.7 Å². The van der Waals surface area contributed by atoms with Gasteiger partial charge < -0.3 is 14.8 Å². The van der Waals surface area contributed by atoms with Crippen LogP contribution in [0.2, 0.25) is 0 Å². The molecule has 1 amide bonds. The number of methoxy groups -OCH3 is 1. The number of rotatable bonds is 6. The van der Waals surface area contributed by atoms with Gasteiger partial charge >= 0.3 is 0 Å². The molecule has 0 radical (unpaired) electrons. The third kappa shape index (κ3) is 4.93. The van der Waals surface area contributed by atoms with E-state index in [4.69, 9.17) is 9.47 Å². The molecular weight excluding hydrogens is 381 g/mol. The summed E-state index contributed by atoms with van der Waals surface area (Å²) in [6.07, 6.45) is 0. The van der Waals surface area contributed by atoms with Gasteiger partial charge in [0.25, 0.3) is 5.91 Å². The first-order chi connectivity index (χ1) is 10.2. The summed E-state index contributed by atoms with van der Waals surface area (Å²) in [4.78, 5) is 11.9. The average molecular weight is 397 g/mol. The number of benzene rings is 2. The van der Waals surface area contributed by atoms with Crippen LogP contribution in [0.5, 0.6) is 11.5 Å². The molecule has 0 heterocycles. The summed E-state index contributed by atoms with van der Waals surface area (Å²) in [6, 6.07) is 14.8. The van der Waals surface area contributed by atoms with E-state index in [1.807, 2.05) is 36.4 Å². The second-order valence-corrected chi connectivity index (χ2v) is 5.53. The Hall–Kier alpha value is -1.76. The number of carbonyl (C=O) groups excluding carboxylic acids is 1. The molecule has 0 unspecified atom stereocenters. The quantitative estimate of drug-likeness (QED) is 0.602. The maximum Gasteiger partial charge on any atom is 0.251 e. The number of nitrogens with one attached hydrogen (secondary N) is 1. The van der Waals surface area contributed by atoms with Gasteiger partial charge in [-0.3, -0.25) is 4.79 Å². The van der Waals surface area contributed by atoms with Gasteiger partial charge in [0.1, 0.15) is 18.1 Å². The molecule has 0 saturated heterocycles. The predicted molar refractivity (Wildman–Crippen MR) is 90.0 cm³/mol. The second-order valence-electron chi connectivity index (χ2n) is 4.29. The molecule has 2 rings (SSSR count). The van der Waals surface area contributed by atoms with E-state index >= 15 is 0 Å². The number of hydrogen-bond acceptors (Lipinski definition) is 3. The van der Waals surface area contributed by atoms with Gasteiger partial charge in [-0.2, -0.15) is 0 Å². The number of ether oxygens (including phenoxy) is 2. The molecule has 0 saturated carbocycles. The average Bonchev–Trinajstić information content (AvgIpc) is 2.52. The lowest BCUT2D eigenvalue weighted by molar-refractivity contribution is 0.0947. The first-order valence-corrected chi connectivity index (χ1v) is 7.57. The lowest BCUT2D eigenvalue weighted by Gasteiger charge is -2.08. The largest absolute Gasteiger partial charge is 0.497 e. The summed E-state index contributed by atoms with van der Waals surface area (Å²) in [6.45, 7) is 0.874. The summed E-state index contributed by atoms with van der Waals surface area (Å²) in [5.74, 6) is 1.44. The van der Waals surface area contributed by atoms with Gasteiger partial charge in [0, 0.05) is 9.13 Å². The number of hydrogen-bond donors (Lipinski definition) is 1. The summed E-state index contributed by atoms with van der Waals surface area (Å²) in [7, 11) is 1.62. The third-order valence-electron chi connectivity index (χ3n) is 2.82. The summed E-state index contributed by atoms with van der Waals surface area (Å²) in [5.41, 5.74) is 0.653. The highest BCUT2D eigenvalue weighted by Crippen LogP contribution is 2.16. The van der Waals surface area contributed by atoms with Crippen LogP contribution in [0, 0.1) is 3.57 Å². The van der Waals surface area contributed by atoms with Crippen LogP contribution in [-0.2, 0) is 0 Å². The fraction of sp³-hybridized carbons (Fsp3) is 0.188. The van der Waals surface area contributed by atoms with Crippen LogP contribution < -0.4 is 14.8 Å². The zero-order chi connectivity index (χ0) is 15.1. The van der Waals surface area contributed by atoms with E-state index in [1.165, 1.54) is 0 Å². The molecular formula is C16H16INO3. The Balaban J connectivity index is 1.73. The molecule has 0 atom stereocenters. The minimum atomic E-state index is -0.0928. The lowest BCUT2D eigenvalue weighted by Crippen LogP contribution is -2.28. The maximum atomic E-state index is 11.9. The van der Waals surface area contributed by atoms with Gasteiger partial charge in [0.2, 0.25) is 0 Å². The normalized spacial score (nSPS) is 10.0. The Morgan fingerprint density at radius 1 is 1.05 bits per heavy atom. The highest BCUT2D eigenvalue weighted by Gasteiger charge is 2.04. The van der Waals surface area contributed by atoms with Crippen molar-refractivity contribution < 1.29 is 14.3 Å². The maximum absolute atomic E-state index is 11.9. The third-order valence-corrected chi connectivity index (χ3v) is 3.54. The Morgan fingerprint density at radius 2 is 1.67 bits per heavy atom. The van der Waals surface area contributed by atoms with Crippen LogP contribution in [0.1, 0.15) is 10.4 Å². The molecule has 2 aromatic carbocycles. The van der Waals surface area contributed by atoms with E-state index < -0.39 is 0 Å². The van der Waals surface area contributed by atoms with Crippen LogP contribution >= 0.6 is 22.6 Å². The molecule has 2 aromatic rings. The van der Waals surface area contributed by atoms with Crippen molar-refractivity contribution in [2.45, 2.75) is 0 Å². The molecule has 0 spiro atoms. The van der Waals surface area contributed by atoms with E-state index in [2.05, 4.69) is 27.9 Å². The molecule has 4 nitrogen and oxygen atoms in total. The fourth-order valence-electron chi connectivity index (χ4n) is 1.71. The first-order valence-electron chi connectivity index (χ1n) is 6.49. The van der Waals surface area contributed by atoms with Gasteiger partial charge in [-0.1, -0.05) is 0 Å². The van der Waals surface area contributed by atoms with Crippen molar-refractivity contribution in [1.82, 2.24) is 5.32 Å². The molecule has 1 N–H and O–H groups in total. The van der Waals surface area contributed by atoms with E-state index in [-0.39, 0.29) is 5.91 Å². The molecule has 0 aliphatic heterocycles. The van der Waals surface area contributed by atoms with Crippen molar-refractivity contribution in [2.75, 3.05) is 20.3 Å². The van der Waals surface area contributed by atoms with Crippen molar-refractivity contribution in [3.05, 3.63) is 57.7 Å². The monoisotopic (exact) mass is 397 g/mol. The molecule has 21 heavy (non-hydrogen) atoms. The fourth-order valence-corrected chi connectivity index (χ4v) is 2.07. The SMILES string of the molecule is COc1ccc(OCCNC(=O)c2ccc(I)cc2)cc1. The van der Waals surface area contributed by atoms with Gasteiger partial charge in [-0.15, -0.1) is 0 Å². The summed E-state index contributed by atoms with van der Waals surface area (Å²) < 4.78 is 11.7. The minimum absolute atomic E-state index is 0.0928. The topological polar surface area (TPSA) is 47.6 Å². The molecule has 0 aliphatic rings. The van der Waals surface area contributed by atoms with Crippen LogP contribution in [-0.4, -0.2) is 26.2 Å². The van der Waals surface area contributed by atoms with Crippen molar-refractivity contribution in [2.24, 2.45) is 0 Å². The van der Waals surface area contributed by atoms with E-state index in [0.717, 1.165) is 15.1 Å². The van der Waals surface area contributed by atoms with E-state index in [9.17, 15) is 4.79 Å². The molecule has 0 aliphatic carbocycles. The smallest absolute Gasteiger partial charge is 0.251 e. The van der Waals surface area contributed by atoms with Crippen molar-refractivity contribution in [3.63, 3.8) is 0 Å². The minimum Gasteiger partial charge on any atom is -0.497 e. The Bertz CT molecular complexity index is 581. The molecule has 0 fully saturated rings. The first kappa shape index (κ1) is 15.6. The molecule has 5 heteroatoms. The highest BCUT2D eigenvalue weighted by atomic mass is 127. The van der Waals surface area contributed by atoms with Crippen LogP contribution in [0.25, 0.3) is 0 Å². The van der Waals surface area contributed by atoms with Gasteiger partial charge in [-0.05, 0) is 71.1 Å². The molecule has 0 aromatic heterocycles. The summed E-state index contributed by atoms with van der Waals surface area (Å²) in [5, 5.41) is 2.82.